The molecule has 490 valence electrons. The van der Waals surface area contributed by atoms with Gasteiger partial charge in [0.05, 0.1) is 28.5 Å². The number of aliphatic hydroxyl groups excluding tert-OH is 2. The Labute approximate surface area is 592 Å². The van der Waals surface area contributed by atoms with Gasteiger partial charge in [-0.2, -0.15) is 0 Å². The SMILES string of the molecule is CC(=O)C=C(C)O.CC(C)(C)C(=O)C=C(O)C(C)(C)C.Cc1cc(-c2[c-]cccc2)ncn1.Cc1cc(-c2[c-]cccc2)ncn1.[Ir].[Ir].[c-]1ccccc1-c1ncc(-c2ccccc2)nc1-c1ccccc1.[c-]1ccccc1-c1ncc(-c2ccccc2)nc1-c1ccccc1. The Kier molecular flexibility index (Phi) is 31.0. The standard InChI is InChI=1S/2C22H15N2.2C11H9N2.C11H20O2.C5H8O2.2Ir/c2*1-4-10-17(11-5-1)20-16-23-21(18-12-6-2-7-13-18)22(24-20)19-14-8-3-9-15-19;2*1-9-7-11(13-8-12-9)10-5-3-2-4-6-10;1-10(2,3)8(12)7-9(13)11(4,5)6;1-4(6)3-5(2)7;;/h2*1-12,14-16H;2*2-5,7-8H,1H3;7,12H,1-6H3;3,6H,1-2H3;;/q4*-1;;;;. The molecule has 0 saturated carbocycles. The number of aryl methyl sites for hydroxylation is 2. The number of nitrogens with zero attached hydrogens (tertiary/aromatic N) is 8. The van der Waals surface area contributed by atoms with Crippen molar-refractivity contribution >= 4 is 11.6 Å². The second kappa shape index (κ2) is 38.9. The number of carbonyl (C=O) groups is 2. The van der Waals surface area contributed by atoms with Crippen LogP contribution in [0.25, 0.3) is 90.1 Å². The van der Waals surface area contributed by atoms with Crippen LogP contribution in [0.4, 0.5) is 0 Å². The molecule has 14 heteroatoms. The van der Waals surface area contributed by atoms with E-state index >= 15 is 0 Å². The van der Waals surface area contributed by atoms with E-state index < -0.39 is 5.41 Å². The van der Waals surface area contributed by atoms with E-state index in [0.29, 0.717) is 0 Å². The summed E-state index contributed by atoms with van der Waals surface area (Å²) in [7, 11) is 0. The van der Waals surface area contributed by atoms with Gasteiger partial charge in [-0.25, -0.2) is 9.97 Å². The molecule has 12 nitrogen and oxygen atoms in total. The van der Waals surface area contributed by atoms with Crippen molar-refractivity contribution < 1.29 is 60.0 Å². The van der Waals surface area contributed by atoms with Crippen LogP contribution in [0.3, 0.4) is 0 Å². The number of ketones is 2. The topological polar surface area (TPSA) is 178 Å². The molecule has 0 fully saturated rings. The van der Waals surface area contributed by atoms with Crippen molar-refractivity contribution in [2.24, 2.45) is 10.8 Å². The van der Waals surface area contributed by atoms with Crippen LogP contribution in [0.1, 0.15) is 66.8 Å². The molecule has 96 heavy (non-hydrogen) atoms. The van der Waals surface area contributed by atoms with Gasteiger partial charge >= 0.3 is 0 Å². The minimum atomic E-state index is -0.417. The van der Waals surface area contributed by atoms with Gasteiger partial charge in [-0.15, -0.1) is 144 Å². The summed E-state index contributed by atoms with van der Waals surface area (Å²) in [5.41, 5.74) is 16.4. The molecule has 0 unspecified atom stereocenters. The smallest absolute Gasteiger partial charge is 0.164 e. The molecule has 8 aromatic carbocycles. The molecule has 4 aromatic heterocycles. The third kappa shape index (κ3) is 24.9. The van der Waals surface area contributed by atoms with Crippen molar-refractivity contribution in [3.8, 4) is 90.1 Å². The van der Waals surface area contributed by atoms with E-state index in [-0.39, 0.29) is 68.7 Å². The van der Waals surface area contributed by atoms with E-state index in [2.05, 4.69) is 68.5 Å². The predicted molar refractivity (Wildman–Crippen MR) is 378 cm³/mol. The van der Waals surface area contributed by atoms with Gasteiger partial charge in [-0.3, -0.25) is 29.5 Å². The number of aliphatic hydroxyl groups is 2. The Morgan fingerprint density at radius 1 is 0.375 bits per heavy atom. The Balaban J connectivity index is 0.000000217. The maximum absolute atomic E-state index is 11.5. The summed E-state index contributed by atoms with van der Waals surface area (Å²) in [6.45, 7) is 17.9. The average molecular weight is 1620 g/mol. The van der Waals surface area contributed by atoms with Gasteiger partial charge in [-0.05, 0) is 50.2 Å². The molecular weight excluding hydrogens is 1550 g/mol. The average Bonchev–Trinajstić information content (AvgIpc) is 0.854. The normalized spacial score (nSPS) is 10.7. The maximum Gasteiger partial charge on any atom is 0.164 e. The molecule has 0 saturated heterocycles. The van der Waals surface area contributed by atoms with Crippen LogP contribution in [0.2, 0.25) is 0 Å². The van der Waals surface area contributed by atoms with Crippen LogP contribution >= 0.6 is 0 Å². The first-order valence-corrected chi connectivity index (χ1v) is 30.5. The van der Waals surface area contributed by atoms with E-state index in [9.17, 15) is 14.7 Å². The third-order valence-corrected chi connectivity index (χ3v) is 13.5. The molecule has 0 atom stereocenters. The number of rotatable bonds is 10. The Bertz CT molecular complexity index is 4100. The second-order valence-corrected chi connectivity index (χ2v) is 23.4. The van der Waals surface area contributed by atoms with Gasteiger partial charge in [0, 0.05) is 109 Å². The largest absolute Gasteiger partial charge is 0.512 e. The number of aromatic nitrogens is 8. The van der Waals surface area contributed by atoms with Crippen LogP contribution in [-0.2, 0) is 49.8 Å². The zero-order chi connectivity index (χ0) is 67.3. The van der Waals surface area contributed by atoms with Crippen LogP contribution in [-0.4, -0.2) is 61.7 Å². The van der Waals surface area contributed by atoms with Gasteiger partial charge in [0.15, 0.2) is 11.6 Å². The van der Waals surface area contributed by atoms with Gasteiger partial charge in [0.1, 0.15) is 18.4 Å². The summed E-state index contributed by atoms with van der Waals surface area (Å²) >= 11 is 0. The molecule has 0 amide bonds. The van der Waals surface area contributed by atoms with Crippen molar-refractivity contribution in [1.29, 1.82) is 0 Å². The van der Waals surface area contributed by atoms with Gasteiger partial charge < -0.3 is 20.2 Å². The predicted octanol–water partition coefficient (Wildman–Crippen LogP) is 19.2. The molecule has 4 heterocycles. The van der Waals surface area contributed by atoms with E-state index in [1.807, 2.05) is 274 Å². The minimum Gasteiger partial charge on any atom is -0.512 e. The molecule has 2 radical (unpaired) electrons. The quantitative estimate of drug-likeness (QED) is 0.0753. The van der Waals surface area contributed by atoms with Crippen molar-refractivity contribution in [3.05, 3.63) is 315 Å². The molecule has 0 aliphatic heterocycles. The fourth-order valence-electron chi connectivity index (χ4n) is 8.50. The van der Waals surface area contributed by atoms with Gasteiger partial charge in [-0.1, -0.05) is 175 Å². The van der Waals surface area contributed by atoms with Crippen LogP contribution in [0.5, 0.6) is 0 Å². The Hall–Kier alpha value is -10.2. The summed E-state index contributed by atoms with van der Waals surface area (Å²) in [6, 6.07) is 88.5. The molecule has 0 bridgehead atoms. The fourth-order valence-corrected chi connectivity index (χ4v) is 8.50. The zero-order valence-corrected chi connectivity index (χ0v) is 60.1. The third-order valence-electron chi connectivity index (χ3n) is 13.5. The summed E-state index contributed by atoms with van der Waals surface area (Å²) in [4.78, 5) is 57.1. The van der Waals surface area contributed by atoms with E-state index in [4.69, 9.17) is 25.0 Å². The van der Waals surface area contributed by atoms with E-state index in [1.165, 1.54) is 26.0 Å². The first kappa shape index (κ1) is 76.5. The van der Waals surface area contributed by atoms with Gasteiger partial charge in [0.25, 0.3) is 0 Å². The minimum absolute atomic E-state index is 0. The Morgan fingerprint density at radius 2 is 0.698 bits per heavy atom. The second-order valence-electron chi connectivity index (χ2n) is 23.4. The van der Waals surface area contributed by atoms with Crippen LogP contribution < -0.4 is 0 Å². The molecule has 12 rings (SSSR count). The van der Waals surface area contributed by atoms with E-state index in [0.717, 1.165) is 101 Å². The molecule has 0 spiro atoms. The van der Waals surface area contributed by atoms with Crippen molar-refractivity contribution in [2.75, 3.05) is 0 Å². The summed E-state index contributed by atoms with van der Waals surface area (Å²) < 4.78 is 0. The molecule has 2 N–H and O–H groups in total. The zero-order valence-electron chi connectivity index (χ0n) is 55.4. The van der Waals surface area contributed by atoms with Gasteiger partial charge in [0.2, 0.25) is 0 Å². The summed E-state index contributed by atoms with van der Waals surface area (Å²) in [5.74, 6) is 0.0415. The van der Waals surface area contributed by atoms with Crippen molar-refractivity contribution in [1.82, 2.24) is 39.9 Å². The monoisotopic (exact) mass is 1620 g/mol. The summed E-state index contributed by atoms with van der Waals surface area (Å²) in [5, 5.41) is 17.9. The molecular formula is C82H76Ir2N8O4-4. The van der Waals surface area contributed by atoms with E-state index in [1.54, 1.807) is 12.7 Å². The number of hydrogen-bond donors (Lipinski definition) is 2. The van der Waals surface area contributed by atoms with Crippen molar-refractivity contribution in [3.63, 3.8) is 0 Å². The number of carbonyl (C=O) groups excluding carboxylic acids is 2. The molecule has 0 aliphatic carbocycles. The Morgan fingerprint density at radius 3 is 0.969 bits per heavy atom. The molecule has 0 aliphatic rings. The molecule has 12 aromatic rings. The number of allylic oxidation sites excluding steroid dienone is 4. The number of benzene rings is 8. The maximum atomic E-state index is 11.5. The summed E-state index contributed by atoms with van der Waals surface area (Å²) in [6.07, 6.45) is 9.31. The van der Waals surface area contributed by atoms with Crippen molar-refractivity contribution in [2.45, 2.75) is 69.2 Å². The van der Waals surface area contributed by atoms with Crippen LogP contribution in [0, 0.1) is 48.9 Å². The first-order chi connectivity index (χ1) is 45.2. The first-order valence-electron chi connectivity index (χ1n) is 30.5. The van der Waals surface area contributed by atoms with Crippen LogP contribution in [0.15, 0.2) is 279 Å². The number of hydrogen-bond acceptors (Lipinski definition) is 12. The fraction of sp³-hybridized carbons (Fsp3) is 0.146.